The van der Waals surface area contributed by atoms with Crippen LogP contribution in [0.5, 0.6) is 0 Å². The molecule has 0 aromatic heterocycles. The Morgan fingerprint density at radius 2 is 2.00 bits per heavy atom. The highest BCUT2D eigenvalue weighted by atomic mass is 35.5. The molecule has 1 aromatic carbocycles. The first-order valence-electron chi connectivity index (χ1n) is 7.94. The van der Waals surface area contributed by atoms with Crippen LogP contribution in [-0.4, -0.2) is 22.4 Å². The van der Waals surface area contributed by atoms with Gasteiger partial charge in [-0.2, -0.15) is 0 Å². The van der Waals surface area contributed by atoms with Crippen molar-refractivity contribution in [3.05, 3.63) is 47.0 Å². The standard InChI is InChI=1S/C19H20ClNO/c1-10-9-19(2,3)21-14-8-13-16(17(20)15(10)14)11-6-4-5-7-12(11)18(13)22/h4-7,9,13,15-17H,8H2,1-3H3. The third-order valence-corrected chi connectivity index (χ3v) is 5.83. The molecule has 0 bridgehead atoms. The fourth-order valence-electron chi connectivity index (χ4n) is 4.63. The number of halogens is 1. The molecule has 4 unspecified atom stereocenters. The second-order valence-corrected chi connectivity index (χ2v) is 7.86. The molecule has 1 aliphatic heterocycles. The molecule has 114 valence electrons. The van der Waals surface area contributed by atoms with E-state index in [2.05, 4.69) is 32.9 Å². The lowest BCUT2D eigenvalue weighted by Crippen LogP contribution is -2.44. The zero-order chi connectivity index (χ0) is 15.6. The van der Waals surface area contributed by atoms with Gasteiger partial charge in [0.15, 0.2) is 5.78 Å². The topological polar surface area (TPSA) is 29.4 Å². The van der Waals surface area contributed by atoms with Crippen molar-refractivity contribution in [1.82, 2.24) is 0 Å². The van der Waals surface area contributed by atoms with E-state index in [1.165, 1.54) is 5.57 Å². The van der Waals surface area contributed by atoms with Crippen molar-refractivity contribution >= 4 is 23.1 Å². The van der Waals surface area contributed by atoms with Crippen LogP contribution in [0.25, 0.3) is 0 Å². The summed E-state index contributed by atoms with van der Waals surface area (Å²) in [7, 11) is 0. The van der Waals surface area contributed by atoms with Crippen molar-refractivity contribution in [2.24, 2.45) is 16.8 Å². The minimum Gasteiger partial charge on any atom is -0.294 e. The number of allylic oxidation sites excluding steroid dienone is 1. The Morgan fingerprint density at radius 1 is 1.27 bits per heavy atom. The van der Waals surface area contributed by atoms with Crippen molar-refractivity contribution in [2.45, 2.75) is 44.0 Å². The Labute approximate surface area is 136 Å². The van der Waals surface area contributed by atoms with E-state index < -0.39 is 0 Å². The van der Waals surface area contributed by atoms with Crippen LogP contribution in [0, 0.1) is 11.8 Å². The van der Waals surface area contributed by atoms with Crippen LogP contribution in [-0.2, 0) is 0 Å². The molecule has 0 amide bonds. The van der Waals surface area contributed by atoms with Gasteiger partial charge in [0, 0.05) is 29.0 Å². The van der Waals surface area contributed by atoms with E-state index in [4.69, 9.17) is 16.6 Å². The van der Waals surface area contributed by atoms with Crippen LogP contribution in [0.4, 0.5) is 0 Å². The van der Waals surface area contributed by atoms with Gasteiger partial charge in [-0.1, -0.05) is 35.9 Å². The molecule has 1 heterocycles. The number of fused-ring (bicyclic) bond motifs is 4. The molecule has 1 fully saturated rings. The summed E-state index contributed by atoms with van der Waals surface area (Å²) in [6.07, 6.45) is 2.97. The largest absolute Gasteiger partial charge is 0.294 e. The Balaban J connectivity index is 1.83. The Hall–Kier alpha value is -1.41. The summed E-state index contributed by atoms with van der Waals surface area (Å²) >= 11 is 6.90. The van der Waals surface area contributed by atoms with E-state index >= 15 is 0 Å². The number of Topliss-reactive ketones (excluding diaryl/α,β-unsaturated/α-hetero) is 1. The third kappa shape index (κ3) is 1.86. The Bertz CT molecular complexity index is 731. The lowest BCUT2D eigenvalue weighted by atomic mass is 9.68. The van der Waals surface area contributed by atoms with Crippen LogP contribution in [0.3, 0.4) is 0 Å². The maximum Gasteiger partial charge on any atom is 0.167 e. The van der Waals surface area contributed by atoms with Crippen molar-refractivity contribution in [3.8, 4) is 0 Å². The highest BCUT2D eigenvalue weighted by Crippen LogP contribution is 2.52. The molecule has 3 heteroatoms. The van der Waals surface area contributed by atoms with Gasteiger partial charge in [-0.25, -0.2) is 0 Å². The molecule has 0 spiro atoms. The van der Waals surface area contributed by atoms with Crippen molar-refractivity contribution in [2.75, 3.05) is 0 Å². The molecule has 2 aliphatic carbocycles. The number of hydrogen-bond donors (Lipinski definition) is 0. The number of carbonyl (C=O) groups excluding carboxylic acids is 1. The van der Waals surface area contributed by atoms with Crippen molar-refractivity contribution in [1.29, 1.82) is 0 Å². The maximum atomic E-state index is 12.8. The predicted molar refractivity (Wildman–Crippen MR) is 90.0 cm³/mol. The van der Waals surface area contributed by atoms with Gasteiger partial charge in [0.2, 0.25) is 0 Å². The van der Waals surface area contributed by atoms with Crippen LogP contribution in [0.15, 0.2) is 40.9 Å². The second kappa shape index (κ2) is 4.55. The van der Waals surface area contributed by atoms with E-state index in [1.54, 1.807) is 0 Å². The van der Waals surface area contributed by atoms with E-state index in [0.717, 1.165) is 23.3 Å². The van der Waals surface area contributed by atoms with Crippen LogP contribution in [0.1, 0.15) is 49.0 Å². The Kier molecular flexibility index (Phi) is 2.93. The number of nitrogens with zero attached hydrogens (tertiary/aromatic N) is 1. The number of carbonyl (C=O) groups is 1. The minimum absolute atomic E-state index is 0.0309. The number of alkyl halides is 1. The van der Waals surface area contributed by atoms with Gasteiger partial charge in [-0.15, -0.1) is 11.6 Å². The van der Waals surface area contributed by atoms with Crippen LogP contribution in [0.2, 0.25) is 0 Å². The van der Waals surface area contributed by atoms with Gasteiger partial charge in [-0.05, 0) is 32.8 Å². The smallest absolute Gasteiger partial charge is 0.167 e. The average Bonchev–Trinajstić information content (AvgIpc) is 2.71. The fourth-order valence-corrected chi connectivity index (χ4v) is 5.28. The summed E-state index contributed by atoms with van der Waals surface area (Å²) in [6, 6.07) is 7.96. The molecule has 4 atom stereocenters. The zero-order valence-electron chi connectivity index (χ0n) is 13.1. The summed E-state index contributed by atoms with van der Waals surface area (Å²) in [5.74, 6) is 0.516. The van der Waals surface area contributed by atoms with E-state index in [9.17, 15) is 4.79 Å². The van der Waals surface area contributed by atoms with Gasteiger partial charge >= 0.3 is 0 Å². The molecule has 0 N–H and O–H groups in total. The van der Waals surface area contributed by atoms with Gasteiger partial charge in [0.1, 0.15) is 0 Å². The number of benzene rings is 1. The monoisotopic (exact) mass is 313 g/mol. The first kappa shape index (κ1) is 14.2. The lowest BCUT2D eigenvalue weighted by Gasteiger charge is -2.42. The van der Waals surface area contributed by atoms with Crippen molar-refractivity contribution in [3.63, 3.8) is 0 Å². The SMILES string of the molecule is CC1=CC(C)(C)N=C2CC3C(=O)c4ccccc4C3C(Cl)C12. The number of ketones is 1. The molecule has 1 aromatic rings. The first-order chi connectivity index (χ1) is 10.4. The molecular formula is C19H20ClNO. The predicted octanol–water partition coefficient (Wildman–Crippen LogP) is 4.39. The average molecular weight is 314 g/mol. The zero-order valence-corrected chi connectivity index (χ0v) is 13.9. The first-order valence-corrected chi connectivity index (χ1v) is 8.38. The molecule has 4 rings (SSSR count). The normalized spacial score (nSPS) is 35.2. The third-order valence-electron chi connectivity index (χ3n) is 5.31. The molecule has 1 saturated carbocycles. The molecular weight excluding hydrogens is 294 g/mol. The minimum atomic E-state index is -0.187. The molecule has 3 aliphatic rings. The molecule has 0 saturated heterocycles. The summed E-state index contributed by atoms with van der Waals surface area (Å²) in [6.45, 7) is 6.38. The molecule has 0 radical (unpaired) electrons. The number of rotatable bonds is 0. The Morgan fingerprint density at radius 3 is 2.77 bits per heavy atom. The number of aliphatic imine (C=N–C) groups is 1. The van der Waals surface area contributed by atoms with E-state index in [1.807, 2.05) is 18.2 Å². The van der Waals surface area contributed by atoms with Gasteiger partial charge in [0.05, 0.1) is 10.9 Å². The van der Waals surface area contributed by atoms with E-state index in [-0.39, 0.29) is 34.5 Å². The van der Waals surface area contributed by atoms with Crippen molar-refractivity contribution < 1.29 is 4.79 Å². The lowest BCUT2D eigenvalue weighted by molar-refractivity contribution is 0.0917. The quantitative estimate of drug-likeness (QED) is 0.516. The molecule has 22 heavy (non-hydrogen) atoms. The summed E-state index contributed by atoms with van der Waals surface area (Å²) in [5, 5.41) is -0.0857. The van der Waals surface area contributed by atoms with E-state index in [0.29, 0.717) is 0 Å². The summed E-state index contributed by atoms with van der Waals surface area (Å²) < 4.78 is 0. The fraction of sp³-hybridized carbons (Fsp3) is 0.474. The van der Waals surface area contributed by atoms with Gasteiger partial charge in [0.25, 0.3) is 0 Å². The van der Waals surface area contributed by atoms with Gasteiger partial charge in [-0.3, -0.25) is 9.79 Å². The molecule has 2 nitrogen and oxygen atoms in total. The summed E-state index contributed by atoms with van der Waals surface area (Å²) in [4.78, 5) is 17.7. The second-order valence-electron chi connectivity index (χ2n) is 7.36. The highest BCUT2D eigenvalue weighted by Gasteiger charge is 2.51. The number of hydrogen-bond acceptors (Lipinski definition) is 2. The summed E-state index contributed by atoms with van der Waals surface area (Å²) in [5.41, 5.74) is 4.23. The number of dihydropyridines is 1. The van der Waals surface area contributed by atoms with Crippen LogP contribution < -0.4 is 0 Å². The van der Waals surface area contributed by atoms with Gasteiger partial charge < -0.3 is 0 Å². The van der Waals surface area contributed by atoms with Crippen LogP contribution >= 0.6 is 11.6 Å². The maximum absolute atomic E-state index is 12.8. The highest BCUT2D eigenvalue weighted by molar-refractivity contribution is 6.25.